The van der Waals surface area contributed by atoms with Crippen LogP contribution in [0.5, 0.6) is 0 Å². The van der Waals surface area contributed by atoms with Gasteiger partial charge in [0.05, 0.1) is 4.90 Å². The van der Waals surface area contributed by atoms with E-state index in [4.69, 9.17) is 9.15 Å². The zero-order chi connectivity index (χ0) is 20.0. The van der Waals surface area contributed by atoms with Gasteiger partial charge in [0, 0.05) is 25.9 Å². The Morgan fingerprint density at radius 2 is 1.96 bits per heavy atom. The summed E-state index contributed by atoms with van der Waals surface area (Å²) in [5, 5.41) is 2.48. The van der Waals surface area contributed by atoms with Crippen LogP contribution in [0.25, 0.3) is 6.08 Å². The third-order valence-electron chi connectivity index (χ3n) is 3.39. The van der Waals surface area contributed by atoms with Crippen molar-refractivity contribution < 1.29 is 27.2 Å². The minimum absolute atomic E-state index is 0.0407. The number of nitrogens with zero attached hydrogens (tertiary/aromatic N) is 1. The van der Waals surface area contributed by atoms with Crippen molar-refractivity contribution in [2.24, 2.45) is 0 Å². The second kappa shape index (κ2) is 8.65. The van der Waals surface area contributed by atoms with E-state index < -0.39 is 28.5 Å². The van der Waals surface area contributed by atoms with Crippen LogP contribution in [-0.4, -0.2) is 45.3 Å². The monoisotopic (exact) mass is 392 g/mol. The van der Waals surface area contributed by atoms with Gasteiger partial charge in [-0.3, -0.25) is 4.79 Å². The van der Waals surface area contributed by atoms with Crippen molar-refractivity contribution in [1.82, 2.24) is 4.31 Å². The number of anilines is 1. The number of carbonyl (C=O) groups excluding carboxylic acids is 2. The molecule has 0 aliphatic heterocycles. The van der Waals surface area contributed by atoms with Crippen LogP contribution < -0.4 is 5.32 Å². The Morgan fingerprint density at radius 1 is 1.22 bits per heavy atom. The number of carbonyl (C=O) groups is 2. The molecule has 144 valence electrons. The first kappa shape index (κ1) is 20.4. The van der Waals surface area contributed by atoms with E-state index in [1.807, 2.05) is 0 Å². The van der Waals surface area contributed by atoms with Crippen molar-refractivity contribution in [3.05, 3.63) is 54.0 Å². The fraction of sp³-hybridized carbons (Fsp3) is 0.222. The van der Waals surface area contributed by atoms with E-state index in [0.29, 0.717) is 11.5 Å². The fourth-order valence-corrected chi connectivity index (χ4v) is 2.97. The molecule has 0 bridgehead atoms. The summed E-state index contributed by atoms with van der Waals surface area (Å²) in [5.41, 5.74) is 0.278. The molecule has 1 aromatic heterocycles. The molecular weight excluding hydrogens is 372 g/mol. The van der Waals surface area contributed by atoms with Gasteiger partial charge >= 0.3 is 5.97 Å². The number of rotatable bonds is 7. The van der Waals surface area contributed by atoms with E-state index in [1.54, 1.807) is 19.1 Å². The predicted molar refractivity (Wildman–Crippen MR) is 99.4 cm³/mol. The summed E-state index contributed by atoms with van der Waals surface area (Å²) in [6.45, 7) is 1.27. The second-order valence-electron chi connectivity index (χ2n) is 5.75. The Hall–Kier alpha value is -2.91. The van der Waals surface area contributed by atoms with E-state index >= 15 is 0 Å². The molecule has 0 atom stereocenters. The van der Waals surface area contributed by atoms with E-state index in [1.165, 1.54) is 44.4 Å². The van der Waals surface area contributed by atoms with Gasteiger partial charge in [0.15, 0.2) is 6.61 Å². The molecule has 0 spiro atoms. The summed E-state index contributed by atoms with van der Waals surface area (Å²) < 4.78 is 35.4. The minimum Gasteiger partial charge on any atom is -0.462 e. The molecule has 1 heterocycles. The highest BCUT2D eigenvalue weighted by molar-refractivity contribution is 7.89. The first-order chi connectivity index (χ1) is 12.7. The van der Waals surface area contributed by atoms with Gasteiger partial charge in [0.25, 0.3) is 5.91 Å². The molecule has 0 radical (unpaired) electrons. The fourth-order valence-electron chi connectivity index (χ4n) is 2.02. The number of amides is 1. The maximum Gasteiger partial charge on any atom is 0.331 e. The van der Waals surface area contributed by atoms with Gasteiger partial charge in [-0.2, -0.15) is 0 Å². The topological polar surface area (TPSA) is 106 Å². The lowest BCUT2D eigenvalue weighted by atomic mass is 10.3. The van der Waals surface area contributed by atoms with Crippen molar-refractivity contribution in [3.63, 3.8) is 0 Å². The Bertz CT molecular complexity index is 960. The maximum atomic E-state index is 12.1. The SMILES string of the molecule is Cc1ccc(/C=C/C(=O)OCC(=O)Nc2cccc(S(=O)(=O)N(C)C)c2)o1. The summed E-state index contributed by atoms with van der Waals surface area (Å²) in [6.07, 6.45) is 2.58. The number of benzene rings is 1. The Labute approximate surface area is 157 Å². The largest absolute Gasteiger partial charge is 0.462 e. The van der Waals surface area contributed by atoms with Gasteiger partial charge < -0.3 is 14.5 Å². The van der Waals surface area contributed by atoms with Gasteiger partial charge in [-0.25, -0.2) is 17.5 Å². The molecule has 0 aliphatic carbocycles. The van der Waals surface area contributed by atoms with Crippen molar-refractivity contribution >= 4 is 33.7 Å². The first-order valence-corrected chi connectivity index (χ1v) is 9.36. The molecule has 8 nitrogen and oxygen atoms in total. The molecule has 2 aromatic rings. The highest BCUT2D eigenvalue weighted by Gasteiger charge is 2.17. The average Bonchev–Trinajstić information content (AvgIpc) is 3.03. The second-order valence-corrected chi connectivity index (χ2v) is 7.90. The van der Waals surface area contributed by atoms with Crippen LogP contribution >= 0.6 is 0 Å². The molecule has 2 rings (SSSR count). The standard InChI is InChI=1S/C18H20N2O6S/c1-13-7-8-15(26-13)9-10-18(22)25-12-17(21)19-14-5-4-6-16(11-14)27(23,24)20(2)3/h4-11H,12H2,1-3H3,(H,19,21)/b10-9+. The number of hydrogen-bond acceptors (Lipinski definition) is 6. The van der Waals surface area contributed by atoms with Crippen LogP contribution in [0, 0.1) is 6.92 Å². The molecule has 1 amide bonds. The van der Waals surface area contributed by atoms with Gasteiger partial charge in [-0.05, 0) is 43.3 Å². The van der Waals surface area contributed by atoms with Crippen LogP contribution in [-0.2, 0) is 24.3 Å². The van der Waals surface area contributed by atoms with Crippen LogP contribution in [0.4, 0.5) is 5.69 Å². The van der Waals surface area contributed by atoms with Crippen molar-refractivity contribution in [3.8, 4) is 0 Å². The number of ether oxygens (including phenoxy) is 1. The smallest absolute Gasteiger partial charge is 0.331 e. The highest BCUT2D eigenvalue weighted by Crippen LogP contribution is 2.17. The summed E-state index contributed by atoms with van der Waals surface area (Å²) in [7, 11) is -0.786. The number of hydrogen-bond donors (Lipinski definition) is 1. The van der Waals surface area contributed by atoms with E-state index in [0.717, 1.165) is 10.4 Å². The Kier molecular flexibility index (Phi) is 6.54. The van der Waals surface area contributed by atoms with Crippen LogP contribution in [0.1, 0.15) is 11.5 Å². The quantitative estimate of drug-likeness (QED) is 0.571. The number of aryl methyl sites for hydroxylation is 1. The number of furan rings is 1. The number of sulfonamides is 1. The molecule has 0 fully saturated rings. The Balaban J connectivity index is 1.90. The van der Waals surface area contributed by atoms with Crippen molar-refractivity contribution in [2.45, 2.75) is 11.8 Å². The van der Waals surface area contributed by atoms with E-state index in [-0.39, 0.29) is 10.6 Å². The van der Waals surface area contributed by atoms with E-state index in [2.05, 4.69) is 5.32 Å². The molecule has 0 aliphatic rings. The van der Waals surface area contributed by atoms with Crippen LogP contribution in [0.3, 0.4) is 0 Å². The lowest BCUT2D eigenvalue weighted by Gasteiger charge is -2.12. The predicted octanol–water partition coefficient (Wildman–Crippen LogP) is 2.03. The Morgan fingerprint density at radius 3 is 2.59 bits per heavy atom. The first-order valence-electron chi connectivity index (χ1n) is 7.92. The van der Waals surface area contributed by atoms with Crippen LogP contribution in [0.2, 0.25) is 0 Å². The van der Waals surface area contributed by atoms with Gasteiger partial charge in [0.1, 0.15) is 11.5 Å². The summed E-state index contributed by atoms with van der Waals surface area (Å²) in [6, 6.07) is 9.24. The normalized spacial score (nSPS) is 11.7. The number of nitrogens with one attached hydrogen (secondary N) is 1. The number of esters is 1. The summed E-state index contributed by atoms with van der Waals surface area (Å²) in [5.74, 6) is -0.0955. The zero-order valence-electron chi connectivity index (χ0n) is 15.1. The summed E-state index contributed by atoms with van der Waals surface area (Å²) >= 11 is 0. The molecular formula is C18H20N2O6S. The average molecular weight is 392 g/mol. The van der Waals surface area contributed by atoms with Gasteiger partial charge in [-0.1, -0.05) is 6.07 Å². The van der Waals surface area contributed by atoms with Crippen LogP contribution in [0.15, 0.2) is 51.8 Å². The molecule has 9 heteroatoms. The molecule has 0 saturated carbocycles. The summed E-state index contributed by atoms with van der Waals surface area (Å²) in [4.78, 5) is 23.6. The molecule has 0 unspecified atom stereocenters. The molecule has 0 saturated heterocycles. The van der Waals surface area contributed by atoms with Gasteiger partial charge in [0.2, 0.25) is 10.0 Å². The minimum atomic E-state index is -3.61. The molecule has 27 heavy (non-hydrogen) atoms. The lowest BCUT2D eigenvalue weighted by Crippen LogP contribution is -2.23. The van der Waals surface area contributed by atoms with Crippen molar-refractivity contribution in [1.29, 1.82) is 0 Å². The maximum absolute atomic E-state index is 12.1. The third-order valence-corrected chi connectivity index (χ3v) is 5.20. The third kappa shape index (κ3) is 5.80. The molecule has 1 N–H and O–H groups in total. The lowest BCUT2D eigenvalue weighted by molar-refractivity contribution is -0.142. The van der Waals surface area contributed by atoms with Crippen molar-refractivity contribution in [2.75, 3.05) is 26.0 Å². The van der Waals surface area contributed by atoms with Gasteiger partial charge in [-0.15, -0.1) is 0 Å². The van der Waals surface area contributed by atoms with E-state index in [9.17, 15) is 18.0 Å². The molecule has 1 aromatic carbocycles. The highest BCUT2D eigenvalue weighted by atomic mass is 32.2. The zero-order valence-corrected chi connectivity index (χ0v) is 15.9.